The molecule has 244 valence electrons. The van der Waals surface area contributed by atoms with Gasteiger partial charge in [0.25, 0.3) is 0 Å². The van der Waals surface area contributed by atoms with Gasteiger partial charge in [0.1, 0.15) is 5.82 Å². The third-order valence-electron chi connectivity index (χ3n) is 9.65. The predicted octanol–water partition coefficient (Wildman–Crippen LogP) is 12.5. The van der Waals surface area contributed by atoms with E-state index < -0.39 is 0 Å². The summed E-state index contributed by atoms with van der Waals surface area (Å²) in [5.74, 6) is 1.65. The quantitative estimate of drug-likeness (QED) is 0.175. The maximum atomic E-state index is 5.19. The van der Waals surface area contributed by atoms with Crippen LogP contribution in [0.15, 0.2) is 182 Å². The van der Waals surface area contributed by atoms with Crippen LogP contribution in [0, 0.1) is 0 Å². The number of hydrogen-bond donors (Lipinski definition) is 0. The summed E-state index contributed by atoms with van der Waals surface area (Å²) < 4.78 is 4.73. The van der Waals surface area contributed by atoms with Gasteiger partial charge in [-0.3, -0.25) is 4.57 Å². The molecule has 52 heavy (non-hydrogen) atoms. The van der Waals surface area contributed by atoms with Crippen LogP contribution in [0.3, 0.4) is 0 Å². The molecule has 0 unspecified atom stereocenters. The number of aromatic nitrogens is 4. The van der Waals surface area contributed by atoms with Crippen molar-refractivity contribution in [2.75, 3.05) is 0 Å². The van der Waals surface area contributed by atoms with E-state index in [1.165, 1.54) is 25.7 Å². The van der Waals surface area contributed by atoms with E-state index >= 15 is 0 Å². The molecule has 0 saturated heterocycles. The lowest BCUT2D eigenvalue weighted by Gasteiger charge is -2.11. The number of para-hydroxylation sites is 3. The Kier molecular flexibility index (Phi) is 7.29. The van der Waals surface area contributed by atoms with E-state index in [9.17, 15) is 0 Å². The van der Waals surface area contributed by atoms with Crippen LogP contribution in [0.2, 0.25) is 0 Å². The van der Waals surface area contributed by atoms with E-state index in [2.05, 4.69) is 150 Å². The van der Waals surface area contributed by atoms with Crippen molar-refractivity contribution in [2.24, 2.45) is 0 Å². The van der Waals surface area contributed by atoms with Gasteiger partial charge in [-0.2, -0.15) is 0 Å². The zero-order chi connectivity index (χ0) is 34.4. The van der Waals surface area contributed by atoms with Gasteiger partial charge >= 0.3 is 0 Å². The van der Waals surface area contributed by atoms with Crippen LogP contribution in [-0.4, -0.2) is 19.5 Å². The first kappa shape index (κ1) is 30.2. The first-order valence-electron chi connectivity index (χ1n) is 17.4. The minimum Gasteiger partial charge on any atom is -0.292 e. The number of rotatable bonds is 6. The fourth-order valence-corrected chi connectivity index (χ4v) is 8.26. The van der Waals surface area contributed by atoms with Crippen LogP contribution in [0.1, 0.15) is 0 Å². The van der Waals surface area contributed by atoms with E-state index in [1.54, 1.807) is 0 Å². The average molecular weight is 683 g/mol. The lowest BCUT2D eigenvalue weighted by Crippen LogP contribution is -1.97. The second-order valence-electron chi connectivity index (χ2n) is 12.9. The van der Waals surface area contributed by atoms with Gasteiger partial charge in [-0.15, -0.1) is 11.3 Å². The van der Waals surface area contributed by atoms with E-state index in [-0.39, 0.29) is 0 Å². The first-order valence-corrected chi connectivity index (χ1v) is 18.2. The minimum atomic E-state index is 0.718. The van der Waals surface area contributed by atoms with Crippen LogP contribution in [0.5, 0.6) is 0 Å². The van der Waals surface area contributed by atoms with Crippen LogP contribution >= 0.6 is 11.3 Å². The average Bonchev–Trinajstić information content (AvgIpc) is 3.80. The van der Waals surface area contributed by atoms with Crippen LogP contribution in [-0.2, 0) is 0 Å². The normalized spacial score (nSPS) is 11.5. The van der Waals surface area contributed by atoms with Crippen molar-refractivity contribution < 1.29 is 0 Å². The maximum absolute atomic E-state index is 5.19. The number of imidazole rings is 1. The van der Waals surface area contributed by atoms with Crippen molar-refractivity contribution in [1.29, 1.82) is 0 Å². The summed E-state index contributed by atoms with van der Waals surface area (Å²) in [6.07, 6.45) is 0. The standard InChI is InChI=1S/C47H30N4S/c1-4-13-32(14-5-1)40-30-41(49-46(48-40)33-15-6-2-7-16-33)37-19-12-22-44-45(37)38-29-35(27-28-43(38)52-44)31-23-25-34(26-24-31)47-50-39-20-10-11-21-42(39)51(47)36-17-8-3-9-18-36/h1-30H. The highest BCUT2D eigenvalue weighted by molar-refractivity contribution is 7.26. The SMILES string of the molecule is c1ccc(-c2cc(-c3cccc4sc5ccc(-c6ccc(-c7nc8ccccc8n7-c7ccccc7)cc6)cc5c34)nc(-c3ccccc3)n2)cc1. The number of fused-ring (bicyclic) bond motifs is 4. The van der Waals surface area contributed by atoms with E-state index in [0.29, 0.717) is 0 Å². The molecule has 0 saturated carbocycles. The van der Waals surface area contributed by atoms with Crippen LogP contribution in [0.25, 0.3) is 93.3 Å². The molecule has 0 fully saturated rings. The Morgan fingerprint density at radius 2 is 1.08 bits per heavy atom. The summed E-state index contributed by atoms with van der Waals surface area (Å²) in [7, 11) is 0. The second-order valence-corrected chi connectivity index (χ2v) is 13.9. The molecule has 0 bridgehead atoms. The highest BCUT2D eigenvalue weighted by Gasteiger charge is 2.17. The summed E-state index contributed by atoms with van der Waals surface area (Å²) in [6, 6.07) is 63.7. The lowest BCUT2D eigenvalue weighted by atomic mass is 9.98. The van der Waals surface area contributed by atoms with Gasteiger partial charge < -0.3 is 0 Å². The van der Waals surface area contributed by atoms with Gasteiger partial charge in [-0.25, -0.2) is 15.0 Å². The van der Waals surface area contributed by atoms with E-state index in [1.807, 2.05) is 47.7 Å². The Hall–Kier alpha value is -6.69. The van der Waals surface area contributed by atoms with E-state index in [0.717, 1.165) is 67.6 Å². The molecule has 3 heterocycles. The molecule has 0 aliphatic rings. The maximum Gasteiger partial charge on any atom is 0.160 e. The molecule has 0 aliphatic carbocycles. The molecule has 7 aromatic carbocycles. The molecule has 10 rings (SSSR count). The Bertz CT molecular complexity index is 2820. The lowest BCUT2D eigenvalue weighted by molar-refractivity contribution is 1.10. The van der Waals surface area contributed by atoms with Gasteiger partial charge in [-0.1, -0.05) is 133 Å². The molecule has 3 aromatic heterocycles. The van der Waals surface area contributed by atoms with Gasteiger partial charge in [0.05, 0.1) is 22.4 Å². The molecule has 4 nitrogen and oxygen atoms in total. The third kappa shape index (κ3) is 5.27. The predicted molar refractivity (Wildman–Crippen MR) is 217 cm³/mol. The topological polar surface area (TPSA) is 43.6 Å². The fourth-order valence-electron chi connectivity index (χ4n) is 7.15. The third-order valence-corrected chi connectivity index (χ3v) is 10.8. The number of thiophene rings is 1. The molecule has 0 N–H and O–H groups in total. The molecule has 5 heteroatoms. The van der Waals surface area contributed by atoms with Crippen LogP contribution in [0.4, 0.5) is 0 Å². The number of hydrogen-bond acceptors (Lipinski definition) is 4. The van der Waals surface area contributed by atoms with Gasteiger partial charge in [0, 0.05) is 48.1 Å². The zero-order valence-corrected chi connectivity index (χ0v) is 28.8. The Labute approximate surface area is 305 Å². The summed E-state index contributed by atoms with van der Waals surface area (Å²) in [6.45, 7) is 0. The van der Waals surface area contributed by atoms with Crippen molar-refractivity contribution in [1.82, 2.24) is 19.5 Å². The largest absolute Gasteiger partial charge is 0.292 e. The summed E-state index contributed by atoms with van der Waals surface area (Å²) in [5, 5.41) is 2.44. The smallest absolute Gasteiger partial charge is 0.160 e. The van der Waals surface area contributed by atoms with Gasteiger partial charge in [0.2, 0.25) is 0 Å². The van der Waals surface area contributed by atoms with Crippen molar-refractivity contribution in [3.8, 4) is 62.1 Å². The Morgan fingerprint density at radius 3 is 1.87 bits per heavy atom. The monoisotopic (exact) mass is 682 g/mol. The Balaban J connectivity index is 1.09. The minimum absolute atomic E-state index is 0.718. The molecule has 0 atom stereocenters. The number of benzene rings is 7. The fraction of sp³-hybridized carbons (Fsp3) is 0. The molecule has 0 amide bonds. The molecule has 0 aliphatic heterocycles. The molecule has 0 spiro atoms. The van der Waals surface area contributed by atoms with Crippen molar-refractivity contribution in [2.45, 2.75) is 0 Å². The van der Waals surface area contributed by atoms with Crippen molar-refractivity contribution in [3.63, 3.8) is 0 Å². The van der Waals surface area contributed by atoms with Gasteiger partial charge in [-0.05, 0) is 59.7 Å². The van der Waals surface area contributed by atoms with Crippen LogP contribution < -0.4 is 0 Å². The summed E-state index contributed by atoms with van der Waals surface area (Å²) in [4.78, 5) is 15.3. The van der Waals surface area contributed by atoms with Crippen molar-refractivity contribution in [3.05, 3.63) is 182 Å². The molecular weight excluding hydrogens is 653 g/mol. The highest BCUT2D eigenvalue weighted by Crippen LogP contribution is 2.42. The second kappa shape index (κ2) is 12.6. The highest BCUT2D eigenvalue weighted by atomic mass is 32.1. The Morgan fingerprint density at radius 1 is 0.423 bits per heavy atom. The summed E-state index contributed by atoms with van der Waals surface area (Å²) >= 11 is 1.82. The summed E-state index contributed by atoms with van der Waals surface area (Å²) in [5.41, 5.74) is 11.5. The van der Waals surface area contributed by atoms with Gasteiger partial charge in [0.15, 0.2) is 5.82 Å². The van der Waals surface area contributed by atoms with Crippen molar-refractivity contribution >= 4 is 42.5 Å². The molecule has 10 aromatic rings. The zero-order valence-electron chi connectivity index (χ0n) is 28.0. The van der Waals surface area contributed by atoms with E-state index in [4.69, 9.17) is 15.0 Å². The number of nitrogens with zero attached hydrogens (tertiary/aromatic N) is 4. The first-order chi connectivity index (χ1) is 25.8. The molecule has 0 radical (unpaired) electrons. The molecular formula is C47H30N4S.